The molecule has 3 rings (SSSR count). The van der Waals surface area contributed by atoms with Gasteiger partial charge in [-0.25, -0.2) is 9.97 Å². The third-order valence-corrected chi connectivity index (χ3v) is 3.97. The number of halogens is 1. The number of nitrogens with zero attached hydrogens (tertiary/aromatic N) is 3. The van der Waals surface area contributed by atoms with E-state index in [-0.39, 0.29) is 5.91 Å². The highest BCUT2D eigenvalue weighted by Crippen LogP contribution is 2.20. The summed E-state index contributed by atoms with van der Waals surface area (Å²) in [6.07, 6.45) is 5.57. The first kappa shape index (κ1) is 14.8. The first-order valence-corrected chi connectivity index (χ1v) is 7.66. The molecule has 1 amide bonds. The maximum Gasteiger partial charge on any atom is 0.257 e. The fourth-order valence-corrected chi connectivity index (χ4v) is 2.71. The van der Waals surface area contributed by atoms with Crippen LogP contribution in [0.4, 0.5) is 11.5 Å². The van der Waals surface area contributed by atoms with Gasteiger partial charge in [0.15, 0.2) is 0 Å². The second-order valence-electron chi connectivity index (χ2n) is 5.38. The van der Waals surface area contributed by atoms with Crippen LogP contribution in [0.2, 0.25) is 5.15 Å². The van der Waals surface area contributed by atoms with Crippen LogP contribution in [0.1, 0.15) is 28.8 Å². The third kappa shape index (κ3) is 3.20. The lowest BCUT2D eigenvalue weighted by Gasteiger charge is -2.16. The Morgan fingerprint density at radius 1 is 1.23 bits per heavy atom. The molecule has 2 aromatic rings. The van der Waals surface area contributed by atoms with Crippen LogP contribution >= 0.6 is 11.6 Å². The molecule has 114 valence electrons. The van der Waals surface area contributed by atoms with E-state index in [0.717, 1.165) is 24.5 Å². The highest BCUT2D eigenvalue weighted by Gasteiger charge is 2.14. The quantitative estimate of drug-likeness (QED) is 0.883. The van der Waals surface area contributed by atoms with Crippen LogP contribution in [0.3, 0.4) is 0 Å². The second kappa shape index (κ2) is 6.32. The molecule has 1 N–H and O–H groups in total. The van der Waals surface area contributed by atoms with Crippen molar-refractivity contribution in [1.82, 2.24) is 9.97 Å². The minimum Gasteiger partial charge on any atom is -0.357 e. The van der Waals surface area contributed by atoms with Crippen LogP contribution in [-0.4, -0.2) is 29.0 Å². The van der Waals surface area contributed by atoms with E-state index in [1.165, 1.54) is 12.8 Å². The Balaban J connectivity index is 1.71. The average molecular weight is 317 g/mol. The van der Waals surface area contributed by atoms with Crippen molar-refractivity contribution in [1.29, 1.82) is 0 Å². The molecule has 0 saturated carbocycles. The summed E-state index contributed by atoms with van der Waals surface area (Å²) in [7, 11) is 0. The summed E-state index contributed by atoms with van der Waals surface area (Å²) >= 11 is 5.81. The zero-order chi connectivity index (χ0) is 15.5. The largest absolute Gasteiger partial charge is 0.357 e. The molecule has 0 aromatic carbocycles. The Kier molecular flexibility index (Phi) is 4.24. The van der Waals surface area contributed by atoms with E-state index < -0.39 is 0 Å². The van der Waals surface area contributed by atoms with Crippen molar-refractivity contribution in [2.75, 3.05) is 23.3 Å². The van der Waals surface area contributed by atoms with E-state index in [4.69, 9.17) is 11.6 Å². The van der Waals surface area contributed by atoms with Crippen LogP contribution in [0, 0.1) is 6.92 Å². The summed E-state index contributed by atoms with van der Waals surface area (Å²) in [4.78, 5) is 22.9. The molecule has 1 fully saturated rings. The van der Waals surface area contributed by atoms with Crippen LogP contribution in [0.25, 0.3) is 0 Å². The molecule has 0 spiro atoms. The van der Waals surface area contributed by atoms with Crippen molar-refractivity contribution in [2.45, 2.75) is 19.8 Å². The first-order chi connectivity index (χ1) is 10.6. The molecule has 2 aromatic heterocycles. The van der Waals surface area contributed by atoms with E-state index in [9.17, 15) is 4.79 Å². The standard InChI is InChI=1S/C16H17ClN4O/c1-11-8-14(17)18-10-13(11)20-16(22)12-4-5-15(19-9-12)21-6-2-3-7-21/h4-5,8-10H,2-3,6-7H2,1H3,(H,20,22). The molecule has 5 nitrogen and oxygen atoms in total. The lowest BCUT2D eigenvalue weighted by atomic mass is 10.2. The minimum atomic E-state index is -0.201. The number of carbonyl (C=O) groups excluding carboxylic acids is 1. The molecule has 3 heterocycles. The number of hydrogen-bond acceptors (Lipinski definition) is 4. The summed E-state index contributed by atoms with van der Waals surface area (Å²) in [5, 5.41) is 3.24. The van der Waals surface area contributed by atoms with Gasteiger partial charge in [-0.05, 0) is 43.5 Å². The normalized spacial score (nSPS) is 14.2. The fraction of sp³-hybridized carbons (Fsp3) is 0.312. The van der Waals surface area contributed by atoms with Crippen LogP contribution in [0.5, 0.6) is 0 Å². The van der Waals surface area contributed by atoms with Gasteiger partial charge >= 0.3 is 0 Å². The predicted molar refractivity (Wildman–Crippen MR) is 87.6 cm³/mol. The van der Waals surface area contributed by atoms with Crippen LogP contribution in [0.15, 0.2) is 30.6 Å². The van der Waals surface area contributed by atoms with E-state index in [1.54, 1.807) is 24.5 Å². The topological polar surface area (TPSA) is 58.1 Å². The summed E-state index contributed by atoms with van der Waals surface area (Å²) in [6, 6.07) is 5.41. The molecule has 1 aliphatic heterocycles. The van der Waals surface area contributed by atoms with Gasteiger partial charge in [0.05, 0.1) is 17.4 Å². The van der Waals surface area contributed by atoms with Crippen LogP contribution < -0.4 is 10.2 Å². The van der Waals surface area contributed by atoms with E-state index in [2.05, 4.69) is 20.2 Å². The van der Waals surface area contributed by atoms with Crippen molar-refractivity contribution >= 4 is 29.0 Å². The van der Waals surface area contributed by atoms with Gasteiger partial charge in [-0.1, -0.05) is 11.6 Å². The van der Waals surface area contributed by atoms with Gasteiger partial charge in [-0.15, -0.1) is 0 Å². The summed E-state index contributed by atoms with van der Waals surface area (Å²) in [6.45, 7) is 3.94. The SMILES string of the molecule is Cc1cc(Cl)ncc1NC(=O)c1ccc(N2CCCC2)nc1. The zero-order valence-corrected chi connectivity index (χ0v) is 13.1. The molecule has 0 radical (unpaired) electrons. The molecule has 0 bridgehead atoms. The zero-order valence-electron chi connectivity index (χ0n) is 12.3. The molecule has 22 heavy (non-hydrogen) atoms. The molecule has 1 aliphatic rings. The predicted octanol–water partition coefficient (Wildman–Crippen LogP) is 3.29. The Hall–Kier alpha value is -2.14. The molecule has 6 heteroatoms. The molecule has 0 unspecified atom stereocenters. The molecule has 1 saturated heterocycles. The number of anilines is 2. The van der Waals surface area contributed by atoms with Gasteiger partial charge in [0.2, 0.25) is 0 Å². The highest BCUT2D eigenvalue weighted by molar-refractivity contribution is 6.29. The Morgan fingerprint density at radius 3 is 2.64 bits per heavy atom. The van der Waals surface area contributed by atoms with Crippen LogP contribution in [-0.2, 0) is 0 Å². The number of amides is 1. The van der Waals surface area contributed by atoms with Crippen molar-refractivity contribution in [3.05, 3.63) is 46.9 Å². The van der Waals surface area contributed by atoms with Gasteiger partial charge in [0, 0.05) is 19.3 Å². The summed E-state index contributed by atoms with van der Waals surface area (Å²) < 4.78 is 0. The fourth-order valence-electron chi connectivity index (χ4n) is 2.50. The molecule has 0 aliphatic carbocycles. The first-order valence-electron chi connectivity index (χ1n) is 7.28. The van der Waals surface area contributed by atoms with Gasteiger partial charge in [0.1, 0.15) is 11.0 Å². The maximum atomic E-state index is 12.3. The Morgan fingerprint density at radius 2 is 2.00 bits per heavy atom. The highest BCUT2D eigenvalue weighted by atomic mass is 35.5. The Bertz CT molecular complexity index is 681. The monoisotopic (exact) mass is 316 g/mol. The smallest absolute Gasteiger partial charge is 0.257 e. The van der Waals surface area contributed by atoms with E-state index in [1.807, 2.05) is 13.0 Å². The average Bonchev–Trinajstić information content (AvgIpc) is 3.04. The number of nitrogens with one attached hydrogen (secondary N) is 1. The lowest BCUT2D eigenvalue weighted by molar-refractivity contribution is 0.102. The van der Waals surface area contributed by atoms with E-state index >= 15 is 0 Å². The van der Waals surface area contributed by atoms with Gasteiger partial charge < -0.3 is 10.2 Å². The number of pyridine rings is 2. The third-order valence-electron chi connectivity index (χ3n) is 3.77. The maximum absolute atomic E-state index is 12.3. The molecular formula is C16H17ClN4O. The van der Waals surface area contributed by atoms with Crippen molar-refractivity contribution in [3.8, 4) is 0 Å². The lowest BCUT2D eigenvalue weighted by Crippen LogP contribution is -2.19. The minimum absolute atomic E-state index is 0.201. The number of hydrogen-bond donors (Lipinski definition) is 1. The van der Waals surface area contributed by atoms with Crippen molar-refractivity contribution in [3.63, 3.8) is 0 Å². The summed E-state index contributed by atoms with van der Waals surface area (Å²) in [5.41, 5.74) is 2.05. The number of carbonyl (C=O) groups is 1. The number of rotatable bonds is 3. The van der Waals surface area contributed by atoms with E-state index in [0.29, 0.717) is 16.4 Å². The second-order valence-corrected chi connectivity index (χ2v) is 5.76. The molecule has 0 atom stereocenters. The van der Waals surface area contributed by atoms with Gasteiger partial charge in [-0.2, -0.15) is 0 Å². The molecular weight excluding hydrogens is 300 g/mol. The van der Waals surface area contributed by atoms with Crippen molar-refractivity contribution in [2.24, 2.45) is 0 Å². The van der Waals surface area contributed by atoms with Crippen molar-refractivity contribution < 1.29 is 4.79 Å². The van der Waals surface area contributed by atoms with Gasteiger partial charge in [0.25, 0.3) is 5.91 Å². The Labute approximate surface area is 134 Å². The number of aromatic nitrogens is 2. The summed E-state index contributed by atoms with van der Waals surface area (Å²) in [5.74, 6) is 0.728. The van der Waals surface area contributed by atoms with Gasteiger partial charge in [-0.3, -0.25) is 4.79 Å². The number of aryl methyl sites for hydroxylation is 1.